The third-order valence-corrected chi connectivity index (χ3v) is 2.64. The highest BCUT2D eigenvalue weighted by atomic mass is 19.1. The van der Waals surface area contributed by atoms with E-state index in [4.69, 9.17) is 4.42 Å². The molecule has 1 N–H and O–H groups in total. The average molecular weight is 234 g/mol. The summed E-state index contributed by atoms with van der Waals surface area (Å²) in [6, 6.07) is 6.45. The number of aromatic nitrogens is 1. The largest absolute Gasteiger partial charge is 0.441 e. The van der Waals surface area contributed by atoms with Crippen molar-refractivity contribution in [2.24, 2.45) is 0 Å². The number of oxazole rings is 1. The molecular formula is C13H15FN2O. The molecule has 0 saturated carbocycles. The summed E-state index contributed by atoms with van der Waals surface area (Å²) in [4.78, 5) is 4.19. The van der Waals surface area contributed by atoms with Crippen LogP contribution in [0.2, 0.25) is 0 Å². The van der Waals surface area contributed by atoms with Crippen molar-refractivity contribution in [3.8, 4) is 11.5 Å². The topological polar surface area (TPSA) is 38.1 Å². The third-order valence-electron chi connectivity index (χ3n) is 2.64. The summed E-state index contributed by atoms with van der Waals surface area (Å²) in [6.45, 7) is 2.07. The number of likely N-dealkylation sites (N-methyl/N-ethyl adjacent to an activating group) is 1. The second kappa shape index (κ2) is 5.10. The van der Waals surface area contributed by atoms with Crippen molar-refractivity contribution in [2.45, 2.75) is 19.4 Å². The molecule has 0 spiro atoms. The molecule has 1 aromatic heterocycles. The number of benzene rings is 1. The highest BCUT2D eigenvalue weighted by Crippen LogP contribution is 2.19. The van der Waals surface area contributed by atoms with Gasteiger partial charge >= 0.3 is 0 Å². The zero-order chi connectivity index (χ0) is 12.3. The highest BCUT2D eigenvalue weighted by molar-refractivity contribution is 5.52. The van der Waals surface area contributed by atoms with E-state index in [0.717, 1.165) is 17.7 Å². The molecule has 0 fully saturated rings. The van der Waals surface area contributed by atoms with Crippen LogP contribution in [0.5, 0.6) is 0 Å². The summed E-state index contributed by atoms with van der Waals surface area (Å²) in [6.07, 6.45) is 2.50. The lowest BCUT2D eigenvalue weighted by Gasteiger charge is -2.05. The molecule has 0 radical (unpaired) electrons. The molecule has 17 heavy (non-hydrogen) atoms. The van der Waals surface area contributed by atoms with Gasteiger partial charge in [0, 0.05) is 18.0 Å². The van der Waals surface area contributed by atoms with E-state index in [-0.39, 0.29) is 5.82 Å². The Bertz CT molecular complexity index is 478. The number of halogens is 1. The predicted octanol–water partition coefficient (Wildman–Crippen LogP) is 2.63. The van der Waals surface area contributed by atoms with Gasteiger partial charge in [-0.2, -0.15) is 0 Å². The SMILES string of the molecule is CNC(C)Cc1cnc(-c2ccc(F)cc2)o1. The number of hydrogen-bond donors (Lipinski definition) is 1. The normalized spacial score (nSPS) is 12.6. The Morgan fingerprint density at radius 2 is 2.06 bits per heavy atom. The molecule has 1 aromatic carbocycles. The molecule has 0 amide bonds. The van der Waals surface area contributed by atoms with Gasteiger partial charge in [0.15, 0.2) is 0 Å². The lowest BCUT2D eigenvalue weighted by Crippen LogP contribution is -2.23. The summed E-state index contributed by atoms with van der Waals surface area (Å²) < 4.78 is 18.4. The molecule has 0 aliphatic rings. The van der Waals surface area contributed by atoms with Gasteiger partial charge in [-0.1, -0.05) is 0 Å². The molecule has 2 aromatic rings. The zero-order valence-corrected chi connectivity index (χ0v) is 9.90. The lowest BCUT2D eigenvalue weighted by atomic mass is 10.2. The Labute approximate surface area is 99.7 Å². The maximum Gasteiger partial charge on any atom is 0.226 e. The van der Waals surface area contributed by atoms with Crippen molar-refractivity contribution in [3.63, 3.8) is 0 Å². The molecule has 90 valence electrons. The van der Waals surface area contributed by atoms with Crippen molar-refractivity contribution in [1.82, 2.24) is 10.3 Å². The molecule has 0 bridgehead atoms. The van der Waals surface area contributed by atoms with Crippen molar-refractivity contribution in [1.29, 1.82) is 0 Å². The number of hydrogen-bond acceptors (Lipinski definition) is 3. The van der Waals surface area contributed by atoms with E-state index < -0.39 is 0 Å². The Kier molecular flexibility index (Phi) is 3.54. The van der Waals surface area contributed by atoms with E-state index in [1.165, 1.54) is 12.1 Å². The van der Waals surface area contributed by atoms with E-state index in [1.54, 1.807) is 18.3 Å². The minimum absolute atomic E-state index is 0.260. The zero-order valence-electron chi connectivity index (χ0n) is 9.90. The van der Waals surface area contributed by atoms with Gasteiger partial charge in [0.2, 0.25) is 5.89 Å². The van der Waals surface area contributed by atoms with Crippen molar-refractivity contribution >= 4 is 0 Å². The maximum atomic E-state index is 12.8. The van der Waals surface area contributed by atoms with Crippen LogP contribution < -0.4 is 5.32 Å². The smallest absolute Gasteiger partial charge is 0.226 e. The fourth-order valence-corrected chi connectivity index (χ4v) is 1.53. The van der Waals surface area contributed by atoms with Gasteiger partial charge < -0.3 is 9.73 Å². The van der Waals surface area contributed by atoms with Crippen LogP contribution in [0.1, 0.15) is 12.7 Å². The van der Waals surface area contributed by atoms with E-state index in [1.807, 2.05) is 7.05 Å². The Hall–Kier alpha value is -1.68. The monoisotopic (exact) mass is 234 g/mol. The minimum Gasteiger partial charge on any atom is -0.441 e. The van der Waals surface area contributed by atoms with E-state index in [0.29, 0.717) is 11.9 Å². The number of nitrogens with one attached hydrogen (secondary N) is 1. The predicted molar refractivity (Wildman–Crippen MR) is 64.1 cm³/mol. The molecule has 1 heterocycles. The quantitative estimate of drug-likeness (QED) is 0.883. The first-order valence-electron chi connectivity index (χ1n) is 5.57. The van der Waals surface area contributed by atoms with Gasteiger partial charge in [-0.15, -0.1) is 0 Å². The fourth-order valence-electron chi connectivity index (χ4n) is 1.53. The summed E-state index contributed by atoms with van der Waals surface area (Å²) in [5.41, 5.74) is 0.787. The van der Waals surface area contributed by atoms with Crippen LogP contribution in [0.3, 0.4) is 0 Å². The van der Waals surface area contributed by atoms with Crippen LogP contribution >= 0.6 is 0 Å². The van der Waals surface area contributed by atoms with Crippen LogP contribution in [0.25, 0.3) is 11.5 Å². The standard InChI is InChI=1S/C13H15FN2O/c1-9(15-2)7-12-8-16-13(17-12)10-3-5-11(14)6-4-10/h3-6,8-9,15H,7H2,1-2H3. The minimum atomic E-state index is -0.260. The molecule has 1 atom stereocenters. The molecule has 0 saturated heterocycles. The molecule has 3 nitrogen and oxygen atoms in total. The molecule has 4 heteroatoms. The van der Waals surface area contributed by atoms with Gasteiger partial charge in [0.05, 0.1) is 6.20 Å². The van der Waals surface area contributed by atoms with Crippen LogP contribution in [0, 0.1) is 5.82 Å². The van der Waals surface area contributed by atoms with Gasteiger partial charge in [0.1, 0.15) is 11.6 Å². The molecule has 1 unspecified atom stereocenters. The van der Waals surface area contributed by atoms with Crippen LogP contribution in [0.15, 0.2) is 34.9 Å². The first kappa shape index (κ1) is 11.8. The second-order valence-corrected chi connectivity index (χ2v) is 4.03. The average Bonchev–Trinajstić information content (AvgIpc) is 2.78. The highest BCUT2D eigenvalue weighted by Gasteiger charge is 2.09. The van der Waals surface area contributed by atoms with Crippen molar-refractivity contribution in [2.75, 3.05) is 7.05 Å². The fraction of sp³-hybridized carbons (Fsp3) is 0.308. The Morgan fingerprint density at radius 3 is 2.71 bits per heavy atom. The number of rotatable bonds is 4. The molecule has 0 aliphatic heterocycles. The first-order valence-corrected chi connectivity index (χ1v) is 5.57. The van der Waals surface area contributed by atoms with Gasteiger partial charge in [-0.25, -0.2) is 9.37 Å². The van der Waals surface area contributed by atoms with E-state index >= 15 is 0 Å². The van der Waals surface area contributed by atoms with Gasteiger partial charge in [-0.05, 0) is 38.2 Å². The number of nitrogens with zero attached hydrogens (tertiary/aromatic N) is 1. The van der Waals surface area contributed by atoms with Crippen molar-refractivity contribution < 1.29 is 8.81 Å². The first-order chi connectivity index (χ1) is 8.19. The third kappa shape index (κ3) is 2.91. The Morgan fingerprint density at radius 1 is 1.35 bits per heavy atom. The van der Waals surface area contributed by atoms with Crippen LogP contribution in [0.4, 0.5) is 4.39 Å². The summed E-state index contributed by atoms with van der Waals surface area (Å²) in [7, 11) is 1.90. The van der Waals surface area contributed by atoms with E-state index in [9.17, 15) is 4.39 Å². The summed E-state index contributed by atoms with van der Waals surface area (Å²) in [5, 5.41) is 3.13. The van der Waals surface area contributed by atoms with E-state index in [2.05, 4.69) is 17.2 Å². The second-order valence-electron chi connectivity index (χ2n) is 4.03. The van der Waals surface area contributed by atoms with Crippen LogP contribution in [-0.4, -0.2) is 18.1 Å². The summed E-state index contributed by atoms with van der Waals surface area (Å²) in [5.74, 6) is 1.10. The molecule has 0 aliphatic carbocycles. The van der Waals surface area contributed by atoms with Gasteiger partial charge in [-0.3, -0.25) is 0 Å². The van der Waals surface area contributed by atoms with Crippen LogP contribution in [-0.2, 0) is 6.42 Å². The van der Waals surface area contributed by atoms with Gasteiger partial charge in [0.25, 0.3) is 0 Å². The lowest BCUT2D eigenvalue weighted by molar-refractivity contribution is 0.479. The maximum absolute atomic E-state index is 12.8. The van der Waals surface area contributed by atoms with Crippen molar-refractivity contribution in [3.05, 3.63) is 42.0 Å². The molecular weight excluding hydrogens is 219 g/mol. The molecule has 2 rings (SSSR count). The Balaban J connectivity index is 2.15. The summed E-state index contributed by atoms with van der Waals surface area (Å²) >= 11 is 0.